The predicted octanol–water partition coefficient (Wildman–Crippen LogP) is -0.144. The van der Waals surface area contributed by atoms with E-state index in [0.717, 1.165) is 0 Å². The molecular weight excluding hydrogens is 186 g/mol. The van der Waals surface area contributed by atoms with E-state index in [1.807, 2.05) is 0 Å². The maximum atomic E-state index is 11.4. The Balaban J connectivity index is 2.34. The van der Waals surface area contributed by atoms with Crippen LogP contribution in [0.1, 0.15) is 6.92 Å². The lowest BCUT2D eigenvalue weighted by Crippen LogP contribution is -2.26. The van der Waals surface area contributed by atoms with E-state index in [-0.39, 0.29) is 19.1 Å². The summed E-state index contributed by atoms with van der Waals surface area (Å²) in [5.41, 5.74) is 0. The number of methoxy groups -OCH3 is 1. The third kappa shape index (κ3) is 3.23. The largest absolute Gasteiger partial charge is 0.359 e. The minimum absolute atomic E-state index is 0.0625. The molecule has 0 radical (unpaired) electrons. The van der Waals surface area contributed by atoms with Gasteiger partial charge in [-0.2, -0.15) is 5.10 Å². The predicted molar refractivity (Wildman–Crippen MR) is 47.5 cm³/mol. The van der Waals surface area contributed by atoms with E-state index >= 15 is 0 Å². The first-order chi connectivity index (χ1) is 6.74. The van der Waals surface area contributed by atoms with Crippen LogP contribution in [0.25, 0.3) is 0 Å². The molecule has 0 saturated carbocycles. The van der Waals surface area contributed by atoms with Crippen molar-refractivity contribution < 1.29 is 14.3 Å². The number of carbonyl (C=O) groups excluding carboxylic acids is 1. The van der Waals surface area contributed by atoms with Crippen LogP contribution in [0.15, 0.2) is 12.7 Å². The van der Waals surface area contributed by atoms with Crippen LogP contribution >= 0.6 is 0 Å². The van der Waals surface area contributed by atoms with E-state index in [0.29, 0.717) is 0 Å². The normalized spacial score (nSPS) is 12.7. The standard InChI is InChI=1S/C8H13N3O3/c1-7(14-6-13-2)8(12)3-11-5-9-4-10-11/h4-5,7H,3,6H2,1-2H3/t7-/m1/s1. The van der Waals surface area contributed by atoms with Gasteiger partial charge >= 0.3 is 0 Å². The van der Waals surface area contributed by atoms with Crippen molar-refractivity contribution in [2.24, 2.45) is 0 Å². The number of nitrogens with zero attached hydrogens (tertiary/aromatic N) is 3. The Kier molecular flexibility index (Phi) is 4.21. The molecule has 1 heterocycles. The summed E-state index contributed by atoms with van der Waals surface area (Å²) >= 11 is 0. The second-order valence-electron chi connectivity index (χ2n) is 2.77. The minimum Gasteiger partial charge on any atom is -0.359 e. The highest BCUT2D eigenvalue weighted by Crippen LogP contribution is 1.95. The molecule has 0 bridgehead atoms. The molecule has 0 aromatic carbocycles. The fraction of sp³-hybridized carbons (Fsp3) is 0.625. The molecular formula is C8H13N3O3. The van der Waals surface area contributed by atoms with Crippen LogP contribution in [0.5, 0.6) is 0 Å². The van der Waals surface area contributed by atoms with Crippen molar-refractivity contribution in [3.05, 3.63) is 12.7 Å². The summed E-state index contributed by atoms with van der Waals surface area (Å²) in [6.45, 7) is 1.97. The van der Waals surface area contributed by atoms with Crippen LogP contribution in [0.4, 0.5) is 0 Å². The molecule has 1 aromatic rings. The Morgan fingerprint density at radius 2 is 2.43 bits per heavy atom. The molecule has 0 aliphatic carbocycles. The SMILES string of the molecule is COCO[C@H](C)C(=O)Cn1cncn1. The quantitative estimate of drug-likeness (QED) is 0.596. The van der Waals surface area contributed by atoms with Gasteiger partial charge in [-0.3, -0.25) is 4.79 Å². The van der Waals surface area contributed by atoms with Crippen molar-refractivity contribution in [1.29, 1.82) is 0 Å². The number of Topliss-reactive ketones (excluding diaryl/α,β-unsaturated/α-hetero) is 1. The summed E-state index contributed by atoms with van der Waals surface area (Å²) in [4.78, 5) is 15.2. The monoisotopic (exact) mass is 199 g/mol. The van der Waals surface area contributed by atoms with E-state index in [9.17, 15) is 4.79 Å². The second-order valence-corrected chi connectivity index (χ2v) is 2.77. The Hall–Kier alpha value is -1.27. The first kappa shape index (κ1) is 10.8. The molecule has 0 spiro atoms. The lowest BCUT2D eigenvalue weighted by Gasteiger charge is -2.10. The average molecular weight is 199 g/mol. The highest BCUT2D eigenvalue weighted by molar-refractivity contribution is 5.82. The van der Waals surface area contributed by atoms with Crippen molar-refractivity contribution in [3.63, 3.8) is 0 Å². The van der Waals surface area contributed by atoms with Gasteiger partial charge < -0.3 is 9.47 Å². The fourth-order valence-corrected chi connectivity index (χ4v) is 0.866. The summed E-state index contributed by atoms with van der Waals surface area (Å²) in [5, 5.41) is 3.82. The first-order valence-electron chi connectivity index (χ1n) is 4.19. The highest BCUT2D eigenvalue weighted by atomic mass is 16.7. The number of ketones is 1. The number of aromatic nitrogens is 3. The van der Waals surface area contributed by atoms with Gasteiger partial charge in [-0.05, 0) is 6.92 Å². The second kappa shape index (κ2) is 5.46. The molecule has 1 rings (SSSR count). The fourth-order valence-electron chi connectivity index (χ4n) is 0.866. The third-order valence-electron chi connectivity index (χ3n) is 1.67. The highest BCUT2D eigenvalue weighted by Gasteiger charge is 2.13. The van der Waals surface area contributed by atoms with E-state index in [1.54, 1.807) is 6.92 Å². The van der Waals surface area contributed by atoms with Gasteiger partial charge in [-0.1, -0.05) is 0 Å². The van der Waals surface area contributed by atoms with Crippen LogP contribution in [0.3, 0.4) is 0 Å². The van der Waals surface area contributed by atoms with Crippen molar-refractivity contribution in [2.45, 2.75) is 19.6 Å². The smallest absolute Gasteiger partial charge is 0.182 e. The lowest BCUT2D eigenvalue weighted by atomic mass is 10.2. The molecule has 0 N–H and O–H groups in total. The van der Waals surface area contributed by atoms with Crippen LogP contribution in [-0.4, -0.2) is 40.6 Å². The van der Waals surface area contributed by atoms with Crippen molar-refractivity contribution in [2.75, 3.05) is 13.9 Å². The summed E-state index contributed by atoms with van der Waals surface area (Å²) < 4.78 is 11.2. The van der Waals surface area contributed by atoms with Gasteiger partial charge in [0.25, 0.3) is 0 Å². The van der Waals surface area contributed by atoms with Gasteiger partial charge in [0.15, 0.2) is 5.78 Å². The summed E-state index contributed by atoms with van der Waals surface area (Å²) in [6.07, 6.45) is 2.38. The molecule has 0 fully saturated rings. The number of hydrogen-bond donors (Lipinski definition) is 0. The Labute approximate surface area is 81.8 Å². The summed E-state index contributed by atoms with van der Waals surface area (Å²) in [6, 6.07) is 0. The van der Waals surface area contributed by atoms with Gasteiger partial charge in [0.2, 0.25) is 0 Å². The zero-order chi connectivity index (χ0) is 10.4. The zero-order valence-electron chi connectivity index (χ0n) is 8.21. The molecule has 0 amide bonds. The Morgan fingerprint density at radius 3 is 3.00 bits per heavy atom. The summed E-state index contributed by atoms with van der Waals surface area (Å²) in [7, 11) is 1.51. The van der Waals surface area contributed by atoms with Crippen LogP contribution < -0.4 is 0 Å². The molecule has 1 aromatic heterocycles. The molecule has 78 valence electrons. The summed E-state index contributed by atoms with van der Waals surface area (Å²) in [5.74, 6) is -0.0625. The van der Waals surface area contributed by atoms with Gasteiger partial charge in [-0.25, -0.2) is 9.67 Å². The molecule has 1 atom stereocenters. The van der Waals surface area contributed by atoms with Crippen LogP contribution in [0.2, 0.25) is 0 Å². The number of rotatable bonds is 6. The molecule has 0 saturated heterocycles. The zero-order valence-corrected chi connectivity index (χ0v) is 8.21. The first-order valence-corrected chi connectivity index (χ1v) is 4.19. The Morgan fingerprint density at radius 1 is 1.64 bits per heavy atom. The maximum absolute atomic E-state index is 11.4. The van der Waals surface area contributed by atoms with Crippen molar-refractivity contribution in [3.8, 4) is 0 Å². The van der Waals surface area contributed by atoms with Crippen LogP contribution in [0, 0.1) is 0 Å². The maximum Gasteiger partial charge on any atom is 0.182 e. The molecule has 0 aliphatic heterocycles. The number of hydrogen-bond acceptors (Lipinski definition) is 5. The van der Waals surface area contributed by atoms with E-state index in [1.165, 1.54) is 24.4 Å². The van der Waals surface area contributed by atoms with E-state index in [4.69, 9.17) is 4.74 Å². The van der Waals surface area contributed by atoms with Crippen molar-refractivity contribution in [1.82, 2.24) is 14.8 Å². The van der Waals surface area contributed by atoms with Crippen molar-refractivity contribution >= 4 is 5.78 Å². The third-order valence-corrected chi connectivity index (χ3v) is 1.67. The van der Waals surface area contributed by atoms with Gasteiger partial charge in [0.05, 0.1) is 0 Å². The number of carbonyl (C=O) groups is 1. The number of ether oxygens (including phenoxy) is 2. The minimum atomic E-state index is -0.487. The molecule has 14 heavy (non-hydrogen) atoms. The molecule has 6 nitrogen and oxygen atoms in total. The topological polar surface area (TPSA) is 66.2 Å². The lowest BCUT2D eigenvalue weighted by molar-refractivity contribution is -0.138. The average Bonchev–Trinajstić information content (AvgIpc) is 2.66. The van der Waals surface area contributed by atoms with Gasteiger partial charge in [-0.15, -0.1) is 0 Å². The van der Waals surface area contributed by atoms with E-state index < -0.39 is 6.10 Å². The molecule has 6 heteroatoms. The van der Waals surface area contributed by atoms with Gasteiger partial charge in [0.1, 0.15) is 32.1 Å². The molecule has 0 aliphatic rings. The van der Waals surface area contributed by atoms with Crippen LogP contribution in [-0.2, 0) is 20.8 Å². The molecule has 0 unspecified atom stereocenters. The van der Waals surface area contributed by atoms with Gasteiger partial charge in [0, 0.05) is 7.11 Å². The van der Waals surface area contributed by atoms with E-state index in [2.05, 4.69) is 14.8 Å². The Bertz CT molecular complexity index is 273.